The number of anilines is 1. The first-order valence-corrected chi connectivity index (χ1v) is 7.29. The largest absolute Gasteiger partial charge is 0.351 e. The van der Waals surface area contributed by atoms with Crippen LogP contribution in [-0.4, -0.2) is 15.8 Å². The van der Waals surface area contributed by atoms with Crippen LogP contribution in [0.4, 0.5) is 11.4 Å². The fraction of sp³-hybridized carbons (Fsp3) is 0.214. The summed E-state index contributed by atoms with van der Waals surface area (Å²) in [6, 6.07) is 5.20. The van der Waals surface area contributed by atoms with Crippen molar-refractivity contribution in [1.82, 2.24) is 4.98 Å². The summed E-state index contributed by atoms with van der Waals surface area (Å²) in [4.78, 5) is 24.8. The summed E-state index contributed by atoms with van der Waals surface area (Å²) in [6.45, 7) is 0. The molecule has 0 aliphatic heterocycles. The number of amides is 1. The van der Waals surface area contributed by atoms with Gasteiger partial charge in [-0.15, -0.1) is 0 Å². The topological polar surface area (TPSA) is 88.0 Å². The van der Waals surface area contributed by atoms with E-state index in [-0.39, 0.29) is 11.4 Å². The van der Waals surface area contributed by atoms with Crippen LogP contribution >= 0.6 is 15.9 Å². The van der Waals surface area contributed by atoms with E-state index in [0.29, 0.717) is 5.69 Å². The average Bonchev–Trinajstić information content (AvgIpc) is 3.07. The Morgan fingerprint density at radius 3 is 2.67 bits per heavy atom. The maximum Gasteiger partial charge on any atom is 0.287 e. The number of benzene rings is 1. The number of carbonyl (C=O) groups is 1. The summed E-state index contributed by atoms with van der Waals surface area (Å²) in [5, 5.41) is 13.4. The van der Waals surface area contributed by atoms with E-state index < -0.39 is 10.8 Å². The maximum atomic E-state index is 12.1. The number of hydrogen-bond donors (Lipinski definition) is 2. The second-order valence-corrected chi connectivity index (χ2v) is 5.79. The highest BCUT2D eigenvalue weighted by atomic mass is 79.9. The van der Waals surface area contributed by atoms with Gasteiger partial charge in [0.05, 0.1) is 16.8 Å². The lowest BCUT2D eigenvalue weighted by molar-refractivity contribution is -0.384. The lowest BCUT2D eigenvalue weighted by Gasteiger charge is -2.09. The molecule has 0 radical (unpaired) electrons. The highest BCUT2D eigenvalue weighted by Gasteiger charge is 2.18. The van der Waals surface area contributed by atoms with Gasteiger partial charge in [0, 0.05) is 10.5 Å². The molecule has 108 valence electrons. The third-order valence-corrected chi connectivity index (χ3v) is 4.21. The minimum Gasteiger partial charge on any atom is -0.351 e. The van der Waals surface area contributed by atoms with E-state index in [2.05, 4.69) is 26.2 Å². The van der Waals surface area contributed by atoms with E-state index in [1.54, 1.807) is 0 Å². The second kappa shape index (κ2) is 5.33. The first-order chi connectivity index (χ1) is 10.0. The fourth-order valence-corrected chi connectivity index (χ4v) is 2.99. The van der Waals surface area contributed by atoms with Crippen LogP contribution in [0.15, 0.2) is 28.9 Å². The summed E-state index contributed by atoms with van der Waals surface area (Å²) < 4.78 is 0.817. The van der Waals surface area contributed by atoms with Gasteiger partial charge in [0.2, 0.25) is 0 Å². The van der Waals surface area contributed by atoms with E-state index in [1.807, 2.05) is 12.1 Å². The van der Waals surface area contributed by atoms with Crippen molar-refractivity contribution >= 4 is 33.2 Å². The SMILES string of the molecule is O=C(Nc1cc2c(cc1Br)CCC2)c1cc([N+](=O)[O-])c[nH]1. The Morgan fingerprint density at radius 1 is 1.29 bits per heavy atom. The molecule has 0 saturated carbocycles. The van der Waals surface area contributed by atoms with Crippen LogP contribution in [0.1, 0.15) is 28.0 Å². The number of aromatic nitrogens is 1. The Hall–Kier alpha value is -2.15. The average molecular weight is 350 g/mol. The molecule has 6 nitrogen and oxygen atoms in total. The van der Waals surface area contributed by atoms with E-state index in [1.165, 1.54) is 23.4 Å². The van der Waals surface area contributed by atoms with Gasteiger partial charge in [0.15, 0.2) is 0 Å². The molecule has 0 fully saturated rings. The predicted molar refractivity (Wildman–Crippen MR) is 81.6 cm³/mol. The van der Waals surface area contributed by atoms with Gasteiger partial charge in [0.1, 0.15) is 5.69 Å². The van der Waals surface area contributed by atoms with Gasteiger partial charge in [-0.05, 0) is 58.5 Å². The lowest BCUT2D eigenvalue weighted by atomic mass is 10.1. The monoisotopic (exact) mass is 349 g/mol. The third-order valence-electron chi connectivity index (χ3n) is 3.55. The Morgan fingerprint density at radius 2 is 2.00 bits per heavy atom. The smallest absolute Gasteiger partial charge is 0.287 e. The van der Waals surface area contributed by atoms with Crippen molar-refractivity contribution in [3.8, 4) is 0 Å². The van der Waals surface area contributed by atoms with Crippen molar-refractivity contribution in [2.45, 2.75) is 19.3 Å². The minimum atomic E-state index is -0.543. The first-order valence-electron chi connectivity index (χ1n) is 6.50. The molecule has 1 heterocycles. The number of rotatable bonds is 3. The van der Waals surface area contributed by atoms with E-state index in [0.717, 1.165) is 23.7 Å². The molecule has 0 spiro atoms. The first kappa shape index (κ1) is 13.8. The fourth-order valence-electron chi connectivity index (χ4n) is 2.50. The molecule has 7 heteroatoms. The number of aryl methyl sites for hydroxylation is 2. The molecule has 1 aliphatic carbocycles. The van der Waals surface area contributed by atoms with Crippen molar-refractivity contribution in [3.63, 3.8) is 0 Å². The van der Waals surface area contributed by atoms with Crippen LogP contribution in [0.3, 0.4) is 0 Å². The lowest BCUT2D eigenvalue weighted by Crippen LogP contribution is -2.13. The van der Waals surface area contributed by atoms with Crippen LogP contribution < -0.4 is 5.32 Å². The van der Waals surface area contributed by atoms with Crippen LogP contribution in [0, 0.1) is 10.1 Å². The van der Waals surface area contributed by atoms with Crippen LogP contribution in [0.2, 0.25) is 0 Å². The van der Waals surface area contributed by atoms with Gasteiger partial charge >= 0.3 is 0 Å². The summed E-state index contributed by atoms with van der Waals surface area (Å²) in [5.41, 5.74) is 3.25. The molecular formula is C14H12BrN3O3. The molecule has 0 unspecified atom stereocenters. The number of nitrogens with one attached hydrogen (secondary N) is 2. The molecule has 2 aromatic rings. The molecule has 0 bridgehead atoms. The van der Waals surface area contributed by atoms with Crippen molar-refractivity contribution in [2.75, 3.05) is 5.32 Å². The number of aromatic amines is 1. The number of halogens is 1. The van der Waals surface area contributed by atoms with Gasteiger partial charge in [-0.1, -0.05) is 0 Å². The molecule has 0 atom stereocenters. The maximum absolute atomic E-state index is 12.1. The van der Waals surface area contributed by atoms with Gasteiger partial charge in [-0.25, -0.2) is 0 Å². The molecule has 21 heavy (non-hydrogen) atoms. The number of fused-ring (bicyclic) bond motifs is 1. The standard InChI is InChI=1S/C14H12BrN3O3/c15-11-4-8-2-1-3-9(8)5-12(11)17-14(19)13-6-10(7-16-13)18(20)21/h4-7,16H,1-3H2,(H,17,19). The second-order valence-electron chi connectivity index (χ2n) is 4.94. The number of nitro groups is 1. The Balaban J connectivity index is 1.82. The number of H-pyrrole nitrogens is 1. The van der Waals surface area contributed by atoms with Crippen LogP contribution in [0.5, 0.6) is 0 Å². The van der Waals surface area contributed by atoms with Crippen molar-refractivity contribution in [2.24, 2.45) is 0 Å². The molecule has 1 aromatic carbocycles. The van der Waals surface area contributed by atoms with E-state index >= 15 is 0 Å². The summed E-state index contributed by atoms with van der Waals surface area (Å²) in [6.07, 6.45) is 4.40. The predicted octanol–water partition coefficient (Wildman–Crippen LogP) is 3.43. The van der Waals surface area contributed by atoms with E-state index in [4.69, 9.17) is 0 Å². The normalized spacial score (nSPS) is 13.0. The molecule has 3 rings (SSSR count). The zero-order chi connectivity index (χ0) is 15.0. The number of carbonyl (C=O) groups excluding carboxylic acids is 1. The zero-order valence-corrected chi connectivity index (χ0v) is 12.6. The molecule has 1 aliphatic rings. The van der Waals surface area contributed by atoms with Gasteiger partial charge < -0.3 is 10.3 Å². The van der Waals surface area contributed by atoms with Crippen LogP contribution in [0.25, 0.3) is 0 Å². The van der Waals surface area contributed by atoms with Gasteiger partial charge in [-0.2, -0.15) is 0 Å². The molecule has 1 amide bonds. The molecule has 2 N–H and O–H groups in total. The van der Waals surface area contributed by atoms with E-state index in [9.17, 15) is 14.9 Å². The highest BCUT2D eigenvalue weighted by Crippen LogP contribution is 2.32. The van der Waals surface area contributed by atoms with Gasteiger partial charge in [0.25, 0.3) is 11.6 Å². The van der Waals surface area contributed by atoms with Crippen molar-refractivity contribution < 1.29 is 9.72 Å². The van der Waals surface area contributed by atoms with Gasteiger partial charge in [-0.3, -0.25) is 14.9 Å². The summed E-state index contributed by atoms with van der Waals surface area (Å²) >= 11 is 3.45. The third kappa shape index (κ3) is 2.69. The van der Waals surface area contributed by atoms with Crippen molar-refractivity contribution in [1.29, 1.82) is 0 Å². The Labute approximate surface area is 128 Å². The van der Waals surface area contributed by atoms with Crippen LogP contribution in [-0.2, 0) is 12.8 Å². The quantitative estimate of drug-likeness (QED) is 0.657. The summed E-state index contributed by atoms with van der Waals surface area (Å²) in [5.74, 6) is -0.401. The number of nitrogens with zero attached hydrogens (tertiary/aromatic N) is 1. The zero-order valence-electron chi connectivity index (χ0n) is 11.0. The number of hydrogen-bond acceptors (Lipinski definition) is 3. The van der Waals surface area contributed by atoms with Crippen molar-refractivity contribution in [3.05, 3.63) is 55.8 Å². The highest BCUT2D eigenvalue weighted by molar-refractivity contribution is 9.10. The summed E-state index contributed by atoms with van der Waals surface area (Å²) in [7, 11) is 0. The molecule has 1 aromatic heterocycles. The minimum absolute atomic E-state index is 0.131. The molecular weight excluding hydrogens is 338 g/mol. The molecule has 0 saturated heterocycles. The Bertz CT molecular complexity index is 739. The Kier molecular flexibility index (Phi) is 3.50.